The van der Waals surface area contributed by atoms with E-state index < -0.39 is 0 Å². The number of rotatable bonds is 6. The molecular formula is C12H19N3O. The summed E-state index contributed by atoms with van der Waals surface area (Å²) < 4.78 is 0. The van der Waals surface area contributed by atoms with Gasteiger partial charge < -0.3 is 10.6 Å². The first kappa shape index (κ1) is 12.6. The molecule has 0 fully saturated rings. The van der Waals surface area contributed by atoms with E-state index in [4.69, 9.17) is 0 Å². The summed E-state index contributed by atoms with van der Waals surface area (Å²) in [7, 11) is 0. The van der Waals surface area contributed by atoms with Crippen LogP contribution in [0.4, 0.5) is 0 Å². The van der Waals surface area contributed by atoms with Crippen molar-refractivity contribution < 1.29 is 4.79 Å². The SMILES string of the molecule is CC(C)C(=O)NCCNCc1ccncc1. The largest absolute Gasteiger partial charge is 0.355 e. The van der Waals surface area contributed by atoms with Crippen molar-refractivity contribution in [3.63, 3.8) is 0 Å². The second kappa shape index (κ2) is 6.95. The van der Waals surface area contributed by atoms with Gasteiger partial charge in [-0.25, -0.2) is 0 Å². The summed E-state index contributed by atoms with van der Waals surface area (Å²) in [5.74, 6) is 0.158. The molecule has 1 aromatic heterocycles. The average Bonchev–Trinajstić information content (AvgIpc) is 2.29. The van der Waals surface area contributed by atoms with Crippen molar-refractivity contribution in [1.82, 2.24) is 15.6 Å². The van der Waals surface area contributed by atoms with E-state index in [1.807, 2.05) is 26.0 Å². The highest BCUT2D eigenvalue weighted by atomic mass is 16.1. The Morgan fingerprint density at radius 3 is 2.62 bits per heavy atom. The summed E-state index contributed by atoms with van der Waals surface area (Å²) in [6, 6.07) is 3.94. The van der Waals surface area contributed by atoms with Crippen LogP contribution in [0.25, 0.3) is 0 Å². The highest BCUT2D eigenvalue weighted by molar-refractivity contribution is 5.77. The molecule has 0 saturated heterocycles. The van der Waals surface area contributed by atoms with Crippen LogP contribution < -0.4 is 10.6 Å². The van der Waals surface area contributed by atoms with Crippen molar-refractivity contribution in [3.05, 3.63) is 30.1 Å². The Labute approximate surface area is 96.5 Å². The Morgan fingerprint density at radius 2 is 2.00 bits per heavy atom. The van der Waals surface area contributed by atoms with Crippen molar-refractivity contribution in [3.8, 4) is 0 Å². The maximum Gasteiger partial charge on any atom is 0.222 e. The van der Waals surface area contributed by atoms with Crippen LogP contribution in [-0.4, -0.2) is 24.0 Å². The Hall–Kier alpha value is -1.42. The van der Waals surface area contributed by atoms with Gasteiger partial charge in [0, 0.05) is 37.9 Å². The summed E-state index contributed by atoms with van der Waals surface area (Å²) >= 11 is 0. The lowest BCUT2D eigenvalue weighted by molar-refractivity contribution is -0.123. The van der Waals surface area contributed by atoms with Crippen LogP contribution in [0.3, 0.4) is 0 Å². The molecule has 0 aliphatic rings. The molecule has 0 aliphatic heterocycles. The van der Waals surface area contributed by atoms with Crippen LogP contribution in [-0.2, 0) is 11.3 Å². The Kier molecular flexibility index (Phi) is 5.50. The first-order valence-electron chi connectivity index (χ1n) is 5.57. The maximum absolute atomic E-state index is 11.2. The lowest BCUT2D eigenvalue weighted by Crippen LogP contribution is -2.34. The number of carbonyl (C=O) groups is 1. The lowest BCUT2D eigenvalue weighted by atomic mass is 10.2. The minimum Gasteiger partial charge on any atom is -0.355 e. The van der Waals surface area contributed by atoms with Gasteiger partial charge in [0.15, 0.2) is 0 Å². The van der Waals surface area contributed by atoms with Crippen molar-refractivity contribution in [2.75, 3.05) is 13.1 Å². The van der Waals surface area contributed by atoms with Crippen LogP contribution in [0, 0.1) is 5.92 Å². The summed E-state index contributed by atoms with van der Waals surface area (Å²) in [6.45, 7) is 6.03. The van der Waals surface area contributed by atoms with E-state index in [1.165, 1.54) is 5.56 Å². The maximum atomic E-state index is 11.2. The van der Waals surface area contributed by atoms with Crippen molar-refractivity contribution in [2.45, 2.75) is 20.4 Å². The molecule has 88 valence electrons. The molecule has 1 rings (SSSR count). The second-order valence-electron chi connectivity index (χ2n) is 3.98. The molecule has 0 bridgehead atoms. The fourth-order valence-corrected chi connectivity index (χ4v) is 1.21. The smallest absolute Gasteiger partial charge is 0.222 e. The molecule has 4 heteroatoms. The van der Waals surface area contributed by atoms with Gasteiger partial charge in [-0.1, -0.05) is 13.8 Å². The predicted octanol–water partition coefficient (Wildman–Crippen LogP) is 0.943. The van der Waals surface area contributed by atoms with Gasteiger partial charge in [-0.3, -0.25) is 9.78 Å². The zero-order valence-corrected chi connectivity index (χ0v) is 9.86. The Balaban J connectivity index is 2.07. The standard InChI is InChI=1S/C12H19N3O/c1-10(2)12(16)15-8-7-14-9-11-3-5-13-6-4-11/h3-6,10,14H,7-9H2,1-2H3,(H,15,16). The molecule has 1 amide bonds. The quantitative estimate of drug-likeness (QED) is 0.703. The van der Waals surface area contributed by atoms with Gasteiger partial charge in [0.25, 0.3) is 0 Å². The van der Waals surface area contributed by atoms with Crippen LogP contribution in [0.15, 0.2) is 24.5 Å². The van der Waals surface area contributed by atoms with Gasteiger partial charge in [-0.2, -0.15) is 0 Å². The Bertz CT molecular complexity index is 311. The zero-order valence-electron chi connectivity index (χ0n) is 9.86. The minimum absolute atomic E-state index is 0.0557. The zero-order chi connectivity index (χ0) is 11.8. The summed E-state index contributed by atoms with van der Waals surface area (Å²) in [5.41, 5.74) is 1.20. The first-order valence-corrected chi connectivity index (χ1v) is 5.57. The van der Waals surface area contributed by atoms with Crippen molar-refractivity contribution in [1.29, 1.82) is 0 Å². The lowest BCUT2D eigenvalue weighted by Gasteiger charge is -2.08. The molecule has 1 heterocycles. The fourth-order valence-electron chi connectivity index (χ4n) is 1.21. The monoisotopic (exact) mass is 221 g/mol. The van der Waals surface area contributed by atoms with Crippen molar-refractivity contribution in [2.24, 2.45) is 5.92 Å². The molecule has 0 saturated carbocycles. The number of nitrogens with zero attached hydrogens (tertiary/aromatic N) is 1. The van der Waals surface area contributed by atoms with E-state index in [2.05, 4.69) is 15.6 Å². The van der Waals surface area contributed by atoms with Gasteiger partial charge in [0.1, 0.15) is 0 Å². The topological polar surface area (TPSA) is 54.0 Å². The fraction of sp³-hybridized carbons (Fsp3) is 0.500. The van der Waals surface area contributed by atoms with E-state index in [-0.39, 0.29) is 11.8 Å². The number of nitrogens with one attached hydrogen (secondary N) is 2. The van der Waals surface area contributed by atoms with Crippen molar-refractivity contribution >= 4 is 5.91 Å². The van der Waals surface area contributed by atoms with Gasteiger partial charge in [0.05, 0.1) is 0 Å². The van der Waals surface area contributed by atoms with E-state index in [1.54, 1.807) is 12.4 Å². The second-order valence-corrected chi connectivity index (χ2v) is 3.98. The van der Waals surface area contributed by atoms with Crippen LogP contribution >= 0.6 is 0 Å². The van der Waals surface area contributed by atoms with Gasteiger partial charge >= 0.3 is 0 Å². The van der Waals surface area contributed by atoms with Crippen LogP contribution in [0.1, 0.15) is 19.4 Å². The van der Waals surface area contributed by atoms with Gasteiger partial charge in [0.2, 0.25) is 5.91 Å². The van der Waals surface area contributed by atoms with E-state index in [0.29, 0.717) is 6.54 Å². The third-order valence-corrected chi connectivity index (χ3v) is 2.20. The third-order valence-electron chi connectivity index (χ3n) is 2.20. The molecule has 1 aromatic rings. The summed E-state index contributed by atoms with van der Waals surface area (Å²) in [6.07, 6.45) is 3.55. The number of amides is 1. The molecule has 0 spiro atoms. The van der Waals surface area contributed by atoms with Gasteiger partial charge in [-0.05, 0) is 17.7 Å². The molecule has 0 aromatic carbocycles. The minimum atomic E-state index is 0.0557. The van der Waals surface area contributed by atoms with Crippen LogP contribution in [0.5, 0.6) is 0 Å². The molecular weight excluding hydrogens is 202 g/mol. The number of hydrogen-bond donors (Lipinski definition) is 2. The predicted molar refractivity (Wildman–Crippen MR) is 63.8 cm³/mol. The number of aromatic nitrogens is 1. The molecule has 0 aliphatic carbocycles. The molecule has 2 N–H and O–H groups in total. The molecule has 0 atom stereocenters. The van der Waals surface area contributed by atoms with E-state index in [0.717, 1.165) is 13.1 Å². The molecule has 0 radical (unpaired) electrons. The molecule has 0 unspecified atom stereocenters. The molecule has 4 nitrogen and oxygen atoms in total. The number of pyridine rings is 1. The first-order chi connectivity index (χ1) is 7.70. The highest BCUT2D eigenvalue weighted by Gasteiger charge is 2.04. The highest BCUT2D eigenvalue weighted by Crippen LogP contribution is 1.94. The average molecular weight is 221 g/mol. The number of hydrogen-bond acceptors (Lipinski definition) is 3. The summed E-state index contributed by atoms with van der Waals surface area (Å²) in [5, 5.41) is 6.11. The van der Waals surface area contributed by atoms with E-state index >= 15 is 0 Å². The Morgan fingerprint density at radius 1 is 1.31 bits per heavy atom. The number of carbonyl (C=O) groups excluding carboxylic acids is 1. The van der Waals surface area contributed by atoms with Crippen LogP contribution in [0.2, 0.25) is 0 Å². The third kappa shape index (κ3) is 4.89. The van der Waals surface area contributed by atoms with E-state index in [9.17, 15) is 4.79 Å². The normalized spacial score (nSPS) is 10.4. The molecule has 16 heavy (non-hydrogen) atoms. The summed E-state index contributed by atoms with van der Waals surface area (Å²) in [4.78, 5) is 15.2. The van der Waals surface area contributed by atoms with Gasteiger partial charge in [-0.15, -0.1) is 0 Å².